The van der Waals surface area contributed by atoms with Crippen LogP contribution in [0.5, 0.6) is 0 Å². The molecular formula is C6H12O2P+. The minimum atomic E-state index is -1.97. The molecule has 2 nitrogen and oxygen atoms in total. The Morgan fingerprint density at radius 2 is 2.44 bits per heavy atom. The Kier molecular flexibility index (Phi) is 4.55. The minimum Gasteiger partial charge on any atom is -0.161 e. The van der Waals surface area contributed by atoms with Crippen molar-refractivity contribution in [3.05, 3.63) is 12.7 Å². The molecular weight excluding hydrogens is 135 g/mol. The van der Waals surface area contributed by atoms with Gasteiger partial charge in [-0.3, -0.25) is 0 Å². The van der Waals surface area contributed by atoms with Gasteiger partial charge < -0.3 is 0 Å². The first-order valence-corrected chi connectivity index (χ1v) is 4.22. The lowest BCUT2D eigenvalue weighted by molar-refractivity contribution is 0.488. The predicted molar refractivity (Wildman–Crippen MR) is 38.7 cm³/mol. The van der Waals surface area contributed by atoms with Crippen LogP contribution in [-0.2, 0) is 4.57 Å². The number of allylic oxidation sites excluding steroid dienone is 1. The predicted octanol–water partition coefficient (Wildman–Crippen LogP) is 2.08. The van der Waals surface area contributed by atoms with E-state index in [0.29, 0.717) is 0 Å². The fourth-order valence-corrected chi connectivity index (χ4v) is 0.839. The zero-order valence-electron chi connectivity index (χ0n) is 5.58. The first kappa shape index (κ1) is 8.80. The molecule has 0 aromatic rings. The molecule has 0 aromatic carbocycles. The van der Waals surface area contributed by atoms with Gasteiger partial charge in [-0.2, -0.15) is 4.89 Å². The van der Waals surface area contributed by atoms with Crippen LogP contribution >= 0.6 is 8.03 Å². The maximum Gasteiger partial charge on any atom is 0.508 e. The fourth-order valence-electron chi connectivity index (χ4n) is 0.469. The lowest BCUT2D eigenvalue weighted by Gasteiger charge is -1.90. The Balaban J connectivity index is 3.37. The molecule has 0 radical (unpaired) electrons. The molecule has 1 N–H and O–H groups in total. The Morgan fingerprint density at radius 3 is 2.78 bits per heavy atom. The molecule has 0 aliphatic rings. The van der Waals surface area contributed by atoms with Crippen molar-refractivity contribution in [2.45, 2.75) is 25.4 Å². The van der Waals surface area contributed by atoms with Gasteiger partial charge in [-0.25, -0.2) is 0 Å². The number of hydrogen-bond acceptors (Lipinski definition) is 1. The lowest BCUT2D eigenvalue weighted by atomic mass is 10.2. The lowest BCUT2D eigenvalue weighted by Crippen LogP contribution is -1.92. The summed E-state index contributed by atoms with van der Waals surface area (Å²) >= 11 is 0. The van der Waals surface area contributed by atoms with E-state index in [1.807, 2.05) is 0 Å². The van der Waals surface area contributed by atoms with Crippen molar-refractivity contribution in [1.29, 1.82) is 0 Å². The van der Waals surface area contributed by atoms with E-state index >= 15 is 0 Å². The van der Waals surface area contributed by atoms with Gasteiger partial charge in [0.2, 0.25) is 0 Å². The van der Waals surface area contributed by atoms with Crippen molar-refractivity contribution in [2.24, 2.45) is 0 Å². The van der Waals surface area contributed by atoms with Gasteiger partial charge in [-0.1, -0.05) is 6.08 Å². The molecule has 9 heavy (non-hydrogen) atoms. The van der Waals surface area contributed by atoms with Crippen LogP contribution < -0.4 is 0 Å². The Morgan fingerprint density at radius 1 is 1.89 bits per heavy atom. The van der Waals surface area contributed by atoms with Crippen LogP contribution in [0.2, 0.25) is 0 Å². The summed E-state index contributed by atoms with van der Waals surface area (Å²) in [5.74, 6) is 0. The maximum absolute atomic E-state index is 10.3. The van der Waals surface area contributed by atoms with Crippen LogP contribution in [0.15, 0.2) is 12.7 Å². The SMILES string of the molecule is C=CCCC(C)[P+](=O)O. The molecule has 52 valence electrons. The molecule has 0 aliphatic heterocycles. The summed E-state index contributed by atoms with van der Waals surface area (Å²) in [7, 11) is -1.97. The molecule has 2 atom stereocenters. The Bertz CT molecular complexity index is 112. The third kappa shape index (κ3) is 4.31. The molecule has 0 amide bonds. The molecule has 3 heteroatoms. The van der Waals surface area contributed by atoms with Crippen LogP contribution in [-0.4, -0.2) is 10.6 Å². The van der Waals surface area contributed by atoms with E-state index in [9.17, 15) is 4.57 Å². The summed E-state index contributed by atoms with van der Waals surface area (Å²) < 4.78 is 10.3. The molecule has 0 bridgehead atoms. The van der Waals surface area contributed by atoms with Gasteiger partial charge in [0.1, 0.15) is 0 Å². The molecule has 0 heterocycles. The van der Waals surface area contributed by atoms with Crippen molar-refractivity contribution in [3.8, 4) is 0 Å². The van der Waals surface area contributed by atoms with Gasteiger partial charge in [0, 0.05) is 6.42 Å². The van der Waals surface area contributed by atoms with E-state index in [-0.39, 0.29) is 5.66 Å². The van der Waals surface area contributed by atoms with E-state index in [0.717, 1.165) is 12.8 Å². The molecule has 0 saturated carbocycles. The number of hydrogen-bond donors (Lipinski definition) is 1. The van der Waals surface area contributed by atoms with Crippen molar-refractivity contribution < 1.29 is 9.46 Å². The summed E-state index contributed by atoms with van der Waals surface area (Å²) in [5.41, 5.74) is -0.0852. The molecule has 0 aromatic heterocycles. The third-order valence-electron chi connectivity index (χ3n) is 1.17. The van der Waals surface area contributed by atoms with Gasteiger partial charge in [0.25, 0.3) is 0 Å². The van der Waals surface area contributed by atoms with Crippen LogP contribution in [0, 0.1) is 0 Å². The smallest absolute Gasteiger partial charge is 0.161 e. The van der Waals surface area contributed by atoms with Crippen LogP contribution in [0.3, 0.4) is 0 Å². The van der Waals surface area contributed by atoms with Crippen LogP contribution in [0.4, 0.5) is 0 Å². The quantitative estimate of drug-likeness (QED) is 0.488. The standard InChI is InChI=1S/C6H11O2P/c1-3-4-5-6(2)9(7)8/h3,6H,1,4-5H2,2H3/p+1. The summed E-state index contributed by atoms with van der Waals surface area (Å²) in [4.78, 5) is 8.52. The van der Waals surface area contributed by atoms with Gasteiger partial charge in [-0.15, -0.1) is 6.58 Å². The third-order valence-corrected chi connectivity index (χ3v) is 2.18. The second-order valence-electron chi connectivity index (χ2n) is 2.02. The Labute approximate surface area is 56.5 Å². The maximum atomic E-state index is 10.3. The van der Waals surface area contributed by atoms with Crippen molar-refractivity contribution in [2.75, 3.05) is 0 Å². The number of rotatable bonds is 4. The normalized spacial score (nSPS) is 14.7. The first-order chi connectivity index (χ1) is 4.18. The van der Waals surface area contributed by atoms with E-state index in [1.54, 1.807) is 13.0 Å². The summed E-state index contributed by atoms with van der Waals surface area (Å²) in [5, 5.41) is 0. The second-order valence-corrected chi connectivity index (χ2v) is 3.50. The van der Waals surface area contributed by atoms with Crippen LogP contribution in [0.25, 0.3) is 0 Å². The highest BCUT2D eigenvalue weighted by atomic mass is 31.1. The van der Waals surface area contributed by atoms with Crippen molar-refractivity contribution in [1.82, 2.24) is 0 Å². The van der Waals surface area contributed by atoms with Gasteiger partial charge >= 0.3 is 8.03 Å². The minimum absolute atomic E-state index is 0.0852. The fraction of sp³-hybridized carbons (Fsp3) is 0.667. The average molecular weight is 147 g/mol. The van der Waals surface area contributed by atoms with Crippen LogP contribution in [0.1, 0.15) is 19.8 Å². The Hall–Kier alpha value is -0.200. The van der Waals surface area contributed by atoms with Gasteiger partial charge in [0.15, 0.2) is 5.66 Å². The monoisotopic (exact) mass is 147 g/mol. The second kappa shape index (κ2) is 4.66. The van der Waals surface area contributed by atoms with E-state index in [4.69, 9.17) is 4.89 Å². The first-order valence-electron chi connectivity index (χ1n) is 2.94. The van der Waals surface area contributed by atoms with E-state index in [1.165, 1.54) is 0 Å². The van der Waals surface area contributed by atoms with Gasteiger partial charge in [-0.05, 0) is 17.9 Å². The topological polar surface area (TPSA) is 37.3 Å². The molecule has 0 fully saturated rings. The van der Waals surface area contributed by atoms with Gasteiger partial charge in [0.05, 0.1) is 0 Å². The molecule has 0 spiro atoms. The molecule has 0 aliphatic carbocycles. The molecule has 0 saturated heterocycles. The highest BCUT2D eigenvalue weighted by Crippen LogP contribution is 2.25. The zero-order chi connectivity index (χ0) is 7.28. The summed E-state index contributed by atoms with van der Waals surface area (Å²) in [6.07, 6.45) is 3.34. The largest absolute Gasteiger partial charge is 0.508 e. The van der Waals surface area contributed by atoms with Crippen molar-refractivity contribution >= 4 is 8.03 Å². The van der Waals surface area contributed by atoms with E-state index in [2.05, 4.69) is 6.58 Å². The summed E-state index contributed by atoms with van der Waals surface area (Å²) in [6.45, 7) is 5.28. The highest BCUT2D eigenvalue weighted by Gasteiger charge is 2.21. The average Bonchev–Trinajstić information content (AvgIpc) is 1.82. The summed E-state index contributed by atoms with van der Waals surface area (Å²) in [6, 6.07) is 0. The highest BCUT2D eigenvalue weighted by molar-refractivity contribution is 7.38. The molecule has 0 rings (SSSR count). The van der Waals surface area contributed by atoms with Crippen molar-refractivity contribution in [3.63, 3.8) is 0 Å². The zero-order valence-corrected chi connectivity index (χ0v) is 6.47. The molecule has 2 unspecified atom stereocenters. The van der Waals surface area contributed by atoms with E-state index < -0.39 is 8.03 Å².